The van der Waals surface area contributed by atoms with Gasteiger partial charge in [-0.3, -0.25) is 4.68 Å². The first-order valence-electron chi connectivity index (χ1n) is 5.96. The van der Waals surface area contributed by atoms with E-state index in [0.29, 0.717) is 27.5 Å². The summed E-state index contributed by atoms with van der Waals surface area (Å²) in [4.78, 5) is 0. The van der Waals surface area contributed by atoms with Crippen LogP contribution in [0, 0.1) is 6.92 Å². The van der Waals surface area contributed by atoms with E-state index in [0.717, 1.165) is 11.3 Å². The zero-order valence-corrected chi connectivity index (χ0v) is 13.4. The van der Waals surface area contributed by atoms with E-state index >= 15 is 0 Å². The van der Waals surface area contributed by atoms with Gasteiger partial charge in [-0.15, -0.1) is 0 Å². The second-order valence-electron chi connectivity index (χ2n) is 4.27. The summed E-state index contributed by atoms with van der Waals surface area (Å²) in [5.74, 6) is 0.701. The minimum absolute atomic E-state index is 0.527. The van der Waals surface area contributed by atoms with Crippen LogP contribution >= 0.6 is 35.4 Å². The zero-order valence-electron chi connectivity index (χ0n) is 11.1. The summed E-state index contributed by atoms with van der Waals surface area (Å²) in [6, 6.07) is 7.37. The Morgan fingerprint density at radius 2 is 2.10 bits per heavy atom. The fourth-order valence-electron chi connectivity index (χ4n) is 1.72. The van der Waals surface area contributed by atoms with E-state index < -0.39 is 0 Å². The molecule has 0 fully saturated rings. The summed E-state index contributed by atoms with van der Waals surface area (Å²) in [6.07, 6.45) is 0. The lowest BCUT2D eigenvalue weighted by Gasteiger charge is -2.07. The predicted molar refractivity (Wildman–Crippen MR) is 87.8 cm³/mol. The maximum atomic E-state index is 6.17. The maximum Gasteiger partial charge on any atom is 0.171 e. The van der Waals surface area contributed by atoms with Crippen LogP contribution in [0.1, 0.15) is 11.3 Å². The van der Waals surface area contributed by atoms with Crippen LogP contribution in [0.4, 0.5) is 5.82 Å². The molecule has 2 N–H and O–H groups in total. The van der Waals surface area contributed by atoms with Gasteiger partial charge in [-0.25, -0.2) is 0 Å². The lowest BCUT2D eigenvalue weighted by Crippen LogP contribution is -2.24. The number of halogens is 2. The molecule has 4 nitrogen and oxygen atoms in total. The van der Waals surface area contributed by atoms with Crippen LogP contribution in [0.5, 0.6) is 0 Å². The van der Waals surface area contributed by atoms with E-state index in [1.165, 1.54) is 0 Å². The van der Waals surface area contributed by atoms with Crippen molar-refractivity contribution >= 4 is 46.4 Å². The van der Waals surface area contributed by atoms with E-state index in [1.54, 1.807) is 13.1 Å². The lowest BCUT2D eigenvalue weighted by atomic mass is 10.2. The molecule has 106 valence electrons. The van der Waals surface area contributed by atoms with Gasteiger partial charge in [-0.1, -0.05) is 29.3 Å². The van der Waals surface area contributed by atoms with Crippen LogP contribution in [0.2, 0.25) is 10.0 Å². The van der Waals surface area contributed by atoms with Gasteiger partial charge in [0.2, 0.25) is 0 Å². The number of rotatable bonds is 3. The van der Waals surface area contributed by atoms with E-state index in [2.05, 4.69) is 15.7 Å². The summed E-state index contributed by atoms with van der Waals surface area (Å²) >= 11 is 17.1. The number of anilines is 1. The maximum absolute atomic E-state index is 6.17. The molecule has 2 aromatic rings. The second kappa shape index (κ2) is 6.43. The number of thiocarbonyl (C=S) groups is 1. The van der Waals surface area contributed by atoms with Gasteiger partial charge in [0.15, 0.2) is 10.9 Å². The third-order valence-corrected chi connectivity index (χ3v) is 3.68. The first-order chi connectivity index (χ1) is 9.49. The van der Waals surface area contributed by atoms with E-state index in [-0.39, 0.29) is 0 Å². The van der Waals surface area contributed by atoms with Crippen molar-refractivity contribution in [2.45, 2.75) is 13.5 Å². The normalized spacial score (nSPS) is 10.4. The summed E-state index contributed by atoms with van der Waals surface area (Å²) in [6.45, 7) is 2.56. The van der Waals surface area contributed by atoms with Gasteiger partial charge in [-0.05, 0) is 36.8 Å². The largest absolute Gasteiger partial charge is 0.365 e. The molecule has 7 heteroatoms. The topological polar surface area (TPSA) is 41.9 Å². The quantitative estimate of drug-likeness (QED) is 0.846. The molecule has 0 radical (unpaired) electrons. The van der Waals surface area contributed by atoms with Crippen LogP contribution in [0.25, 0.3) is 0 Å². The molecular formula is C13H14Cl2N4S. The van der Waals surface area contributed by atoms with Crippen LogP contribution in [-0.4, -0.2) is 21.9 Å². The number of hydrogen-bond donors (Lipinski definition) is 2. The molecule has 20 heavy (non-hydrogen) atoms. The highest BCUT2D eigenvalue weighted by atomic mass is 35.5. The van der Waals surface area contributed by atoms with Gasteiger partial charge in [0.05, 0.1) is 6.54 Å². The monoisotopic (exact) mass is 328 g/mol. The minimum atomic E-state index is 0.527. The molecular weight excluding hydrogens is 315 g/mol. The number of aryl methyl sites for hydroxylation is 1. The first kappa shape index (κ1) is 15.1. The summed E-state index contributed by atoms with van der Waals surface area (Å²) in [5.41, 5.74) is 1.97. The van der Waals surface area contributed by atoms with E-state index in [4.69, 9.17) is 35.4 Å². The molecule has 0 aliphatic rings. The average molecular weight is 329 g/mol. The SMILES string of the molecule is CNC(=S)Nc1cc(C)n(Cc2ccc(Cl)cc2Cl)n1. The van der Waals surface area contributed by atoms with Crippen molar-refractivity contribution in [1.82, 2.24) is 15.1 Å². The van der Waals surface area contributed by atoms with Gasteiger partial charge in [0, 0.05) is 28.9 Å². The van der Waals surface area contributed by atoms with Crippen molar-refractivity contribution < 1.29 is 0 Å². The van der Waals surface area contributed by atoms with Crippen molar-refractivity contribution in [1.29, 1.82) is 0 Å². The minimum Gasteiger partial charge on any atom is -0.365 e. The molecule has 2 rings (SSSR count). The van der Waals surface area contributed by atoms with Crippen molar-refractivity contribution in [2.24, 2.45) is 0 Å². The Bertz CT molecular complexity index is 639. The zero-order chi connectivity index (χ0) is 14.7. The lowest BCUT2D eigenvalue weighted by molar-refractivity contribution is 0.668. The number of nitrogens with zero attached hydrogens (tertiary/aromatic N) is 2. The first-order valence-corrected chi connectivity index (χ1v) is 7.13. The Morgan fingerprint density at radius 1 is 1.35 bits per heavy atom. The summed E-state index contributed by atoms with van der Waals surface area (Å²) < 4.78 is 1.86. The van der Waals surface area contributed by atoms with Crippen LogP contribution in [-0.2, 0) is 6.54 Å². The molecule has 0 aliphatic heterocycles. The van der Waals surface area contributed by atoms with Crippen molar-refractivity contribution in [3.05, 3.63) is 45.6 Å². The standard InChI is InChI=1S/C13H14Cl2N4S/c1-8-5-12(17-13(20)16-2)18-19(8)7-9-3-4-10(14)6-11(9)15/h3-6H,7H2,1-2H3,(H2,16,17,18,20). The number of benzene rings is 1. The Kier molecular flexibility index (Phi) is 4.86. The van der Waals surface area contributed by atoms with Crippen molar-refractivity contribution in [2.75, 3.05) is 12.4 Å². The highest BCUT2D eigenvalue weighted by Gasteiger charge is 2.08. The van der Waals surface area contributed by atoms with Gasteiger partial charge >= 0.3 is 0 Å². The smallest absolute Gasteiger partial charge is 0.171 e. The van der Waals surface area contributed by atoms with E-state index in [9.17, 15) is 0 Å². The van der Waals surface area contributed by atoms with Crippen LogP contribution < -0.4 is 10.6 Å². The summed E-state index contributed by atoms with van der Waals surface area (Å²) in [5, 5.41) is 12.1. The third kappa shape index (κ3) is 3.62. The van der Waals surface area contributed by atoms with Crippen molar-refractivity contribution in [3.8, 4) is 0 Å². The molecule has 0 amide bonds. The van der Waals surface area contributed by atoms with Crippen molar-refractivity contribution in [3.63, 3.8) is 0 Å². The number of hydrogen-bond acceptors (Lipinski definition) is 2. The molecule has 1 aromatic carbocycles. The molecule has 0 saturated carbocycles. The Labute approximate surface area is 133 Å². The Balaban J connectivity index is 2.19. The highest BCUT2D eigenvalue weighted by Crippen LogP contribution is 2.22. The number of nitrogens with one attached hydrogen (secondary N) is 2. The van der Waals surface area contributed by atoms with Gasteiger partial charge in [0.1, 0.15) is 0 Å². The molecule has 0 atom stereocenters. The summed E-state index contributed by atoms with van der Waals surface area (Å²) in [7, 11) is 1.76. The molecule has 1 heterocycles. The highest BCUT2D eigenvalue weighted by molar-refractivity contribution is 7.80. The Morgan fingerprint density at radius 3 is 2.75 bits per heavy atom. The van der Waals surface area contributed by atoms with E-state index in [1.807, 2.05) is 29.8 Å². The van der Waals surface area contributed by atoms with Crippen LogP contribution in [0.3, 0.4) is 0 Å². The predicted octanol–water partition coefficient (Wildman–Crippen LogP) is 3.46. The number of aromatic nitrogens is 2. The molecule has 0 unspecified atom stereocenters. The second-order valence-corrected chi connectivity index (χ2v) is 5.52. The molecule has 0 spiro atoms. The van der Waals surface area contributed by atoms with Gasteiger partial charge in [0.25, 0.3) is 0 Å². The fourth-order valence-corrected chi connectivity index (χ4v) is 2.29. The van der Waals surface area contributed by atoms with Crippen LogP contribution in [0.15, 0.2) is 24.3 Å². The molecule has 0 bridgehead atoms. The molecule has 0 saturated heterocycles. The third-order valence-electron chi connectivity index (χ3n) is 2.79. The fraction of sp³-hybridized carbons (Fsp3) is 0.231. The van der Waals surface area contributed by atoms with Gasteiger partial charge in [-0.2, -0.15) is 5.10 Å². The molecule has 1 aromatic heterocycles. The van der Waals surface area contributed by atoms with Gasteiger partial charge < -0.3 is 10.6 Å². The Hall–Kier alpha value is -1.30. The average Bonchev–Trinajstić information content (AvgIpc) is 2.73. The molecule has 0 aliphatic carbocycles.